The summed E-state index contributed by atoms with van der Waals surface area (Å²) in [6, 6.07) is 6.75. The van der Waals surface area contributed by atoms with Gasteiger partial charge in [-0.15, -0.1) is 0 Å². The van der Waals surface area contributed by atoms with Gasteiger partial charge in [0, 0.05) is 12.4 Å². The molecule has 2 amide bonds. The highest BCUT2D eigenvalue weighted by Crippen LogP contribution is 2.03. The van der Waals surface area contributed by atoms with Crippen LogP contribution in [0.4, 0.5) is 11.6 Å². The lowest BCUT2D eigenvalue weighted by Gasteiger charge is -2.02. The van der Waals surface area contributed by atoms with E-state index in [1.807, 2.05) is 0 Å². The zero-order valence-corrected chi connectivity index (χ0v) is 8.28. The van der Waals surface area contributed by atoms with E-state index in [9.17, 15) is 9.59 Å². The van der Waals surface area contributed by atoms with Gasteiger partial charge in [0.15, 0.2) is 0 Å². The molecule has 82 valence electrons. The molecule has 16 heavy (non-hydrogen) atoms. The molecule has 4 N–H and O–H groups in total. The Balaban J connectivity index is 1.92. The van der Waals surface area contributed by atoms with Crippen molar-refractivity contribution < 1.29 is 9.59 Å². The zero-order valence-electron chi connectivity index (χ0n) is 8.28. The number of carbonyl (C=O) groups is 2. The first-order chi connectivity index (χ1) is 7.75. The van der Waals surface area contributed by atoms with E-state index in [2.05, 4.69) is 20.6 Å². The van der Waals surface area contributed by atoms with E-state index < -0.39 is 11.8 Å². The van der Waals surface area contributed by atoms with Crippen LogP contribution >= 0.6 is 0 Å². The molecule has 2 aromatic heterocycles. The van der Waals surface area contributed by atoms with Gasteiger partial charge in [0.2, 0.25) is 0 Å². The third-order valence-corrected chi connectivity index (χ3v) is 1.90. The molecule has 0 bridgehead atoms. The first-order valence-electron chi connectivity index (χ1n) is 4.65. The molecule has 6 nitrogen and oxygen atoms in total. The van der Waals surface area contributed by atoms with Crippen molar-refractivity contribution in [2.24, 2.45) is 0 Å². The highest BCUT2D eigenvalue weighted by Gasteiger charge is 2.14. The van der Waals surface area contributed by atoms with Crippen LogP contribution in [0.3, 0.4) is 0 Å². The molecule has 0 fully saturated rings. The van der Waals surface area contributed by atoms with E-state index in [4.69, 9.17) is 0 Å². The van der Waals surface area contributed by atoms with Crippen molar-refractivity contribution in [1.82, 2.24) is 9.97 Å². The predicted molar refractivity (Wildman–Crippen MR) is 58.8 cm³/mol. The summed E-state index contributed by atoms with van der Waals surface area (Å²) in [5, 5.41) is 4.83. The number of carbonyl (C=O) groups excluding carboxylic acids is 2. The van der Waals surface area contributed by atoms with E-state index in [-0.39, 0.29) is 0 Å². The molecule has 0 radical (unpaired) electrons. The van der Waals surface area contributed by atoms with Gasteiger partial charge < -0.3 is 20.6 Å². The lowest BCUT2D eigenvalue weighted by Crippen LogP contribution is -2.29. The van der Waals surface area contributed by atoms with Gasteiger partial charge in [0.1, 0.15) is 11.6 Å². The number of anilines is 2. The predicted octanol–water partition coefficient (Wildman–Crippen LogP) is 0.920. The maximum absolute atomic E-state index is 11.4. The SMILES string of the molecule is O=C(Nc1ccc[nH]1)C(=O)Nc1ccc[nH]1. The van der Waals surface area contributed by atoms with E-state index in [1.54, 1.807) is 36.7 Å². The summed E-state index contributed by atoms with van der Waals surface area (Å²) in [6.45, 7) is 0. The maximum atomic E-state index is 11.4. The Hall–Kier alpha value is -2.50. The van der Waals surface area contributed by atoms with Crippen molar-refractivity contribution in [2.75, 3.05) is 10.6 Å². The van der Waals surface area contributed by atoms with E-state index in [0.29, 0.717) is 11.6 Å². The summed E-state index contributed by atoms with van der Waals surface area (Å²) in [5.74, 6) is -0.493. The van der Waals surface area contributed by atoms with Crippen LogP contribution in [-0.2, 0) is 9.59 Å². The first-order valence-corrected chi connectivity index (χ1v) is 4.65. The third kappa shape index (κ3) is 2.30. The molecule has 0 unspecified atom stereocenters. The van der Waals surface area contributed by atoms with Crippen LogP contribution in [-0.4, -0.2) is 21.8 Å². The minimum absolute atomic E-state index is 0.478. The van der Waals surface area contributed by atoms with Crippen LogP contribution in [0.5, 0.6) is 0 Å². The van der Waals surface area contributed by atoms with Gasteiger partial charge in [-0.2, -0.15) is 0 Å². The smallest absolute Gasteiger partial charge is 0.315 e. The molecule has 0 atom stereocenters. The largest absolute Gasteiger partial charge is 0.348 e. The van der Waals surface area contributed by atoms with Crippen LogP contribution in [0, 0.1) is 0 Å². The van der Waals surface area contributed by atoms with E-state index in [1.165, 1.54) is 0 Å². The van der Waals surface area contributed by atoms with Crippen LogP contribution < -0.4 is 10.6 Å². The molecule has 0 aliphatic rings. The number of aromatic amines is 2. The zero-order chi connectivity index (χ0) is 11.4. The lowest BCUT2D eigenvalue weighted by atomic mass is 10.5. The molecule has 2 aromatic rings. The summed E-state index contributed by atoms with van der Waals surface area (Å²) < 4.78 is 0. The topological polar surface area (TPSA) is 89.8 Å². The molecule has 0 aliphatic heterocycles. The Bertz CT molecular complexity index is 427. The number of rotatable bonds is 2. The van der Waals surface area contributed by atoms with Crippen LogP contribution in [0.1, 0.15) is 0 Å². The number of hydrogen-bond acceptors (Lipinski definition) is 2. The first kappa shape index (κ1) is 10.0. The summed E-state index contributed by atoms with van der Waals surface area (Å²) in [6.07, 6.45) is 3.30. The van der Waals surface area contributed by atoms with Gasteiger partial charge >= 0.3 is 11.8 Å². The summed E-state index contributed by atoms with van der Waals surface area (Å²) in [4.78, 5) is 28.3. The number of amides is 2. The Labute approximate surface area is 91.1 Å². The van der Waals surface area contributed by atoms with Crippen molar-refractivity contribution >= 4 is 23.5 Å². The monoisotopic (exact) mass is 218 g/mol. The molecule has 0 saturated heterocycles. The summed E-state index contributed by atoms with van der Waals surface area (Å²) in [7, 11) is 0. The van der Waals surface area contributed by atoms with Gasteiger partial charge in [-0.25, -0.2) is 0 Å². The van der Waals surface area contributed by atoms with Crippen molar-refractivity contribution in [2.45, 2.75) is 0 Å². The van der Waals surface area contributed by atoms with Gasteiger partial charge in [-0.1, -0.05) is 0 Å². The Morgan fingerprint density at radius 3 is 1.62 bits per heavy atom. The quantitative estimate of drug-likeness (QED) is 0.564. The minimum atomic E-state index is -0.725. The van der Waals surface area contributed by atoms with Gasteiger partial charge in [-0.3, -0.25) is 9.59 Å². The van der Waals surface area contributed by atoms with E-state index >= 15 is 0 Å². The van der Waals surface area contributed by atoms with Gasteiger partial charge in [0.25, 0.3) is 0 Å². The number of nitrogens with one attached hydrogen (secondary N) is 4. The molecule has 2 heterocycles. The van der Waals surface area contributed by atoms with Gasteiger partial charge in [0.05, 0.1) is 0 Å². The average Bonchev–Trinajstić information content (AvgIpc) is 2.90. The van der Waals surface area contributed by atoms with Crippen LogP contribution in [0.15, 0.2) is 36.7 Å². The van der Waals surface area contributed by atoms with Crippen LogP contribution in [0.2, 0.25) is 0 Å². The molecule has 6 heteroatoms. The second kappa shape index (κ2) is 4.35. The third-order valence-electron chi connectivity index (χ3n) is 1.90. The standard InChI is InChI=1S/C10H10N4O2/c15-9(13-7-3-1-5-11-7)10(16)14-8-4-2-6-12-8/h1-6,11-12H,(H,13,15)(H,14,16). The fourth-order valence-electron chi connectivity index (χ4n) is 1.17. The second-order valence-corrected chi connectivity index (χ2v) is 3.08. The Kier molecular flexibility index (Phi) is 2.73. The molecule has 0 aliphatic carbocycles. The number of hydrogen-bond donors (Lipinski definition) is 4. The maximum Gasteiger partial charge on any atom is 0.315 e. The van der Waals surface area contributed by atoms with Crippen molar-refractivity contribution in [3.05, 3.63) is 36.7 Å². The Morgan fingerprint density at radius 1 is 0.875 bits per heavy atom. The van der Waals surface area contributed by atoms with Gasteiger partial charge in [-0.05, 0) is 24.3 Å². The van der Waals surface area contributed by atoms with E-state index in [0.717, 1.165) is 0 Å². The fraction of sp³-hybridized carbons (Fsp3) is 0. The summed E-state index contributed by atoms with van der Waals surface area (Å²) in [5.41, 5.74) is 0. The minimum Gasteiger partial charge on any atom is -0.348 e. The molecule has 0 aromatic carbocycles. The molecule has 2 rings (SSSR count). The average molecular weight is 218 g/mol. The highest BCUT2D eigenvalue weighted by molar-refractivity contribution is 6.43. The molecule has 0 spiro atoms. The van der Waals surface area contributed by atoms with Crippen molar-refractivity contribution in [1.29, 1.82) is 0 Å². The molecular weight excluding hydrogens is 208 g/mol. The lowest BCUT2D eigenvalue weighted by molar-refractivity contribution is -0.133. The van der Waals surface area contributed by atoms with Crippen molar-refractivity contribution in [3.63, 3.8) is 0 Å². The molecular formula is C10H10N4O2. The Morgan fingerprint density at radius 2 is 1.31 bits per heavy atom. The summed E-state index contributed by atoms with van der Waals surface area (Å²) >= 11 is 0. The van der Waals surface area contributed by atoms with Crippen molar-refractivity contribution in [3.8, 4) is 0 Å². The number of aromatic nitrogens is 2. The normalized spacial score (nSPS) is 9.75. The highest BCUT2D eigenvalue weighted by atomic mass is 16.2. The molecule has 0 saturated carbocycles. The number of H-pyrrole nitrogens is 2. The second-order valence-electron chi connectivity index (χ2n) is 3.08. The van der Waals surface area contributed by atoms with Crippen LogP contribution in [0.25, 0.3) is 0 Å². The fourth-order valence-corrected chi connectivity index (χ4v) is 1.17.